The van der Waals surface area contributed by atoms with E-state index in [1.165, 1.54) is 18.3 Å². The highest BCUT2D eigenvalue weighted by molar-refractivity contribution is 5.12. The van der Waals surface area contributed by atoms with E-state index in [0.29, 0.717) is 0 Å². The highest BCUT2D eigenvalue weighted by Crippen LogP contribution is 1.97. The van der Waals surface area contributed by atoms with Crippen molar-refractivity contribution >= 4 is 0 Å². The third kappa shape index (κ3) is 0.872. The first kappa shape index (κ1) is 4.90. The Kier molecular flexibility index (Phi) is 1.04. The van der Waals surface area contributed by atoms with Gasteiger partial charge in [0.2, 0.25) is 5.56 Å². The molecule has 0 aliphatic rings. The smallest absolute Gasteiger partial charge is 0.248 e. The fourth-order valence-corrected chi connectivity index (χ4v) is 0.402. The fraction of sp³-hybridized carbons (Fsp3) is 0. The van der Waals surface area contributed by atoms with E-state index in [0.717, 1.165) is 0 Å². The number of pyridine rings is 1. The molecule has 3 heteroatoms. The van der Waals surface area contributed by atoms with Gasteiger partial charge in [0.15, 0.2) is 0 Å². The zero-order chi connectivity index (χ0) is 5.98. The van der Waals surface area contributed by atoms with Crippen molar-refractivity contribution in [1.82, 2.24) is 4.98 Å². The number of hydrogen-bond donors (Lipinski definition) is 2. The van der Waals surface area contributed by atoms with Crippen LogP contribution in [0, 0.1) is 0 Å². The Hall–Kier alpha value is -1.25. The average Bonchev–Trinajstić information content (AvgIpc) is 1.77. The third-order valence-corrected chi connectivity index (χ3v) is 0.768. The van der Waals surface area contributed by atoms with Crippen molar-refractivity contribution in [2.24, 2.45) is 0 Å². The summed E-state index contributed by atoms with van der Waals surface area (Å²) in [4.78, 5) is 12.5. The largest absolute Gasteiger partial charge is 0.506 e. The van der Waals surface area contributed by atoms with Crippen molar-refractivity contribution in [2.75, 3.05) is 0 Å². The number of hydrogen-bond acceptors (Lipinski definition) is 2. The molecule has 0 fully saturated rings. The molecular weight excluding hydrogens is 106 g/mol. The number of aromatic amines is 1. The average molecular weight is 111 g/mol. The molecule has 0 aliphatic carbocycles. The van der Waals surface area contributed by atoms with Crippen LogP contribution in [0.1, 0.15) is 0 Å². The summed E-state index contributed by atoms with van der Waals surface area (Å²) in [7, 11) is 0. The Labute approximate surface area is 45.6 Å². The van der Waals surface area contributed by atoms with Crippen LogP contribution in [-0.2, 0) is 0 Å². The van der Waals surface area contributed by atoms with Crippen molar-refractivity contribution in [3.05, 3.63) is 28.7 Å². The molecule has 1 aromatic heterocycles. The summed E-state index contributed by atoms with van der Waals surface area (Å²) < 4.78 is 0. The summed E-state index contributed by atoms with van der Waals surface area (Å²) >= 11 is 0. The van der Waals surface area contributed by atoms with E-state index in [-0.39, 0.29) is 11.3 Å². The SMILES string of the molecule is O=c1ccc(O)c[nH]1. The van der Waals surface area contributed by atoms with Crippen LogP contribution in [0.5, 0.6) is 5.75 Å². The first-order chi connectivity index (χ1) is 3.79. The number of nitrogens with one attached hydrogen (secondary N) is 1. The fourth-order valence-electron chi connectivity index (χ4n) is 0.402. The summed E-state index contributed by atoms with van der Waals surface area (Å²) in [6, 6.07) is 2.59. The molecule has 0 atom stereocenters. The van der Waals surface area contributed by atoms with Crippen LogP contribution in [0.25, 0.3) is 0 Å². The van der Waals surface area contributed by atoms with Gasteiger partial charge in [-0.1, -0.05) is 0 Å². The number of H-pyrrole nitrogens is 1. The van der Waals surface area contributed by atoms with Gasteiger partial charge >= 0.3 is 0 Å². The minimum absolute atomic E-state index is 0.0737. The lowest BCUT2D eigenvalue weighted by molar-refractivity contribution is 0.472. The molecule has 1 heterocycles. The molecule has 0 aromatic carbocycles. The van der Waals surface area contributed by atoms with E-state index in [1.54, 1.807) is 0 Å². The zero-order valence-corrected chi connectivity index (χ0v) is 4.09. The summed E-state index contributed by atoms with van der Waals surface area (Å²) in [6.07, 6.45) is 1.24. The van der Waals surface area contributed by atoms with Crippen LogP contribution in [0.2, 0.25) is 0 Å². The van der Waals surface area contributed by atoms with E-state index < -0.39 is 0 Å². The molecule has 0 unspecified atom stereocenters. The second kappa shape index (κ2) is 1.69. The molecule has 0 radical (unpaired) electrons. The first-order valence-corrected chi connectivity index (χ1v) is 2.17. The molecule has 0 saturated heterocycles. The maximum absolute atomic E-state index is 10.3. The molecular formula is C5H5NO2. The molecule has 0 amide bonds. The van der Waals surface area contributed by atoms with Crippen LogP contribution < -0.4 is 5.56 Å². The highest BCUT2D eigenvalue weighted by Gasteiger charge is 1.81. The second-order valence-electron chi connectivity index (χ2n) is 1.41. The maximum atomic E-state index is 10.3. The molecule has 2 N–H and O–H groups in total. The van der Waals surface area contributed by atoms with Gasteiger partial charge < -0.3 is 10.1 Å². The lowest BCUT2D eigenvalue weighted by atomic mass is 10.5. The van der Waals surface area contributed by atoms with Crippen molar-refractivity contribution in [2.45, 2.75) is 0 Å². The zero-order valence-electron chi connectivity index (χ0n) is 4.09. The Balaban J connectivity index is 3.22. The third-order valence-electron chi connectivity index (χ3n) is 0.768. The van der Waals surface area contributed by atoms with Crippen LogP contribution >= 0.6 is 0 Å². The van der Waals surface area contributed by atoms with Gasteiger partial charge in [0.25, 0.3) is 0 Å². The van der Waals surface area contributed by atoms with Crippen molar-refractivity contribution < 1.29 is 5.11 Å². The van der Waals surface area contributed by atoms with Crippen LogP contribution in [-0.4, -0.2) is 10.1 Å². The normalized spacial score (nSPS) is 9.00. The van der Waals surface area contributed by atoms with E-state index in [2.05, 4.69) is 4.98 Å². The summed E-state index contributed by atoms with van der Waals surface area (Å²) in [5, 5.41) is 8.59. The van der Waals surface area contributed by atoms with Gasteiger partial charge in [-0.25, -0.2) is 0 Å². The minimum atomic E-state index is -0.206. The Morgan fingerprint density at radius 1 is 1.50 bits per heavy atom. The predicted molar refractivity (Wildman–Crippen MR) is 28.7 cm³/mol. The quantitative estimate of drug-likeness (QED) is 0.498. The molecule has 1 rings (SSSR count). The molecule has 8 heavy (non-hydrogen) atoms. The van der Waals surface area contributed by atoms with E-state index in [1.807, 2.05) is 0 Å². The monoisotopic (exact) mass is 111 g/mol. The van der Waals surface area contributed by atoms with Crippen LogP contribution in [0.3, 0.4) is 0 Å². The maximum Gasteiger partial charge on any atom is 0.248 e. The van der Waals surface area contributed by atoms with Crippen LogP contribution in [0.4, 0.5) is 0 Å². The molecule has 1 aromatic rings. The molecule has 3 nitrogen and oxygen atoms in total. The number of rotatable bonds is 0. The molecule has 0 saturated carbocycles. The summed E-state index contributed by atoms with van der Waals surface area (Å²) in [5.41, 5.74) is -0.206. The van der Waals surface area contributed by atoms with Crippen molar-refractivity contribution in [1.29, 1.82) is 0 Å². The topological polar surface area (TPSA) is 53.1 Å². The lowest BCUT2D eigenvalue weighted by Gasteiger charge is -1.83. The van der Waals surface area contributed by atoms with Crippen LogP contribution in [0.15, 0.2) is 23.1 Å². The van der Waals surface area contributed by atoms with Gasteiger partial charge in [-0.3, -0.25) is 4.79 Å². The second-order valence-corrected chi connectivity index (χ2v) is 1.41. The van der Waals surface area contributed by atoms with Gasteiger partial charge in [0, 0.05) is 12.3 Å². The van der Waals surface area contributed by atoms with Gasteiger partial charge in [-0.2, -0.15) is 0 Å². The summed E-state index contributed by atoms with van der Waals surface area (Å²) in [5.74, 6) is 0.0737. The number of aromatic hydroxyl groups is 1. The van der Waals surface area contributed by atoms with Gasteiger partial charge in [0.05, 0.1) is 0 Å². The Bertz CT molecular complexity index is 208. The van der Waals surface area contributed by atoms with Crippen molar-refractivity contribution in [3.8, 4) is 5.75 Å². The highest BCUT2D eigenvalue weighted by atomic mass is 16.3. The van der Waals surface area contributed by atoms with Gasteiger partial charge in [-0.15, -0.1) is 0 Å². The predicted octanol–water partition coefficient (Wildman–Crippen LogP) is 0.0805. The first-order valence-electron chi connectivity index (χ1n) is 2.17. The van der Waals surface area contributed by atoms with E-state index in [9.17, 15) is 4.79 Å². The van der Waals surface area contributed by atoms with E-state index >= 15 is 0 Å². The Morgan fingerprint density at radius 3 is 2.62 bits per heavy atom. The lowest BCUT2D eigenvalue weighted by Crippen LogP contribution is -1.99. The molecule has 0 bridgehead atoms. The number of aromatic nitrogens is 1. The molecule has 42 valence electrons. The molecule has 0 spiro atoms. The standard InChI is InChI=1S/C5H5NO2/c7-4-1-2-5(8)6-3-4/h1-3,7H,(H,6,8). The summed E-state index contributed by atoms with van der Waals surface area (Å²) in [6.45, 7) is 0. The minimum Gasteiger partial charge on any atom is -0.506 e. The molecule has 0 aliphatic heterocycles. The van der Waals surface area contributed by atoms with E-state index in [4.69, 9.17) is 5.11 Å². The Morgan fingerprint density at radius 2 is 2.25 bits per heavy atom. The van der Waals surface area contributed by atoms with Crippen molar-refractivity contribution in [3.63, 3.8) is 0 Å². The van der Waals surface area contributed by atoms with Gasteiger partial charge in [-0.05, 0) is 6.07 Å². The van der Waals surface area contributed by atoms with Gasteiger partial charge in [0.1, 0.15) is 5.75 Å².